The summed E-state index contributed by atoms with van der Waals surface area (Å²) in [4.78, 5) is 4.19. The van der Waals surface area contributed by atoms with Crippen molar-refractivity contribution in [2.45, 2.75) is 20.5 Å². The molecule has 0 spiro atoms. The highest BCUT2D eigenvalue weighted by Crippen LogP contribution is 2.17. The lowest BCUT2D eigenvalue weighted by Crippen LogP contribution is -1.99. The number of hydrogen-bond acceptors (Lipinski definition) is 3. The number of hydrogen-bond donors (Lipinski definition) is 1. The maximum atomic E-state index is 5.69. The molecular formula is C14H16N2O. The molecule has 1 heterocycles. The van der Waals surface area contributed by atoms with E-state index in [1.54, 1.807) is 12.3 Å². The lowest BCUT2D eigenvalue weighted by atomic mass is 10.1. The molecule has 2 rings (SSSR count). The van der Waals surface area contributed by atoms with Gasteiger partial charge in [0, 0.05) is 11.9 Å². The van der Waals surface area contributed by atoms with Gasteiger partial charge in [-0.15, -0.1) is 0 Å². The van der Waals surface area contributed by atoms with E-state index in [0.717, 1.165) is 11.4 Å². The lowest BCUT2D eigenvalue weighted by molar-refractivity contribution is 0.301. The molecule has 0 amide bonds. The van der Waals surface area contributed by atoms with Crippen molar-refractivity contribution in [1.29, 1.82) is 0 Å². The molecule has 2 aromatic rings. The summed E-state index contributed by atoms with van der Waals surface area (Å²) in [5.41, 5.74) is 9.61. The fraction of sp³-hybridized carbons (Fsp3) is 0.214. The fourth-order valence-electron chi connectivity index (χ4n) is 1.75. The van der Waals surface area contributed by atoms with Crippen LogP contribution >= 0.6 is 0 Å². The fourth-order valence-corrected chi connectivity index (χ4v) is 1.75. The maximum absolute atomic E-state index is 5.69. The van der Waals surface area contributed by atoms with Crippen molar-refractivity contribution >= 4 is 5.69 Å². The molecule has 3 nitrogen and oxygen atoms in total. The molecule has 3 heteroatoms. The first-order valence-corrected chi connectivity index (χ1v) is 5.55. The molecule has 1 aromatic heterocycles. The largest absolute Gasteiger partial charge is 0.487 e. The Hall–Kier alpha value is -2.03. The third-order valence-electron chi connectivity index (χ3n) is 2.42. The van der Waals surface area contributed by atoms with Gasteiger partial charge in [-0.25, -0.2) is 0 Å². The van der Waals surface area contributed by atoms with Crippen molar-refractivity contribution in [2.24, 2.45) is 0 Å². The van der Waals surface area contributed by atoms with E-state index < -0.39 is 0 Å². The number of anilines is 1. The van der Waals surface area contributed by atoms with Crippen LogP contribution in [-0.4, -0.2) is 4.98 Å². The van der Waals surface area contributed by atoms with E-state index in [0.29, 0.717) is 12.3 Å². The van der Waals surface area contributed by atoms with Crippen LogP contribution in [0.3, 0.4) is 0 Å². The van der Waals surface area contributed by atoms with Gasteiger partial charge in [-0.2, -0.15) is 0 Å². The van der Waals surface area contributed by atoms with Crippen molar-refractivity contribution in [3.8, 4) is 5.75 Å². The Morgan fingerprint density at radius 2 is 1.82 bits per heavy atom. The Labute approximate surface area is 101 Å². The number of pyridine rings is 1. The van der Waals surface area contributed by atoms with Gasteiger partial charge >= 0.3 is 0 Å². The van der Waals surface area contributed by atoms with Gasteiger partial charge in [-0.3, -0.25) is 4.98 Å². The zero-order valence-electron chi connectivity index (χ0n) is 10.1. The molecule has 0 aliphatic carbocycles. The zero-order chi connectivity index (χ0) is 12.3. The number of nitrogens with zero attached hydrogens (tertiary/aromatic N) is 1. The molecule has 2 N–H and O–H groups in total. The van der Waals surface area contributed by atoms with Crippen molar-refractivity contribution in [3.63, 3.8) is 0 Å². The standard InChI is InChI=1S/C14H16N2O/c1-10-5-11(2)7-14(6-10)17-9-13-8-12(15)3-4-16-13/h3-8H,9H2,1-2H3,(H2,15,16). The van der Waals surface area contributed by atoms with Crippen molar-refractivity contribution in [1.82, 2.24) is 4.98 Å². The number of nitrogens with two attached hydrogens (primary N) is 1. The van der Waals surface area contributed by atoms with E-state index in [9.17, 15) is 0 Å². The first-order chi connectivity index (χ1) is 8.13. The minimum Gasteiger partial charge on any atom is -0.487 e. The lowest BCUT2D eigenvalue weighted by Gasteiger charge is -2.08. The number of ether oxygens (including phenoxy) is 1. The van der Waals surface area contributed by atoms with E-state index in [1.165, 1.54) is 11.1 Å². The second-order valence-corrected chi connectivity index (χ2v) is 4.19. The topological polar surface area (TPSA) is 48.1 Å². The molecule has 0 saturated heterocycles. The van der Waals surface area contributed by atoms with Crippen LogP contribution < -0.4 is 10.5 Å². The zero-order valence-corrected chi connectivity index (χ0v) is 10.1. The summed E-state index contributed by atoms with van der Waals surface area (Å²) < 4.78 is 5.69. The van der Waals surface area contributed by atoms with E-state index in [1.807, 2.05) is 18.2 Å². The normalized spacial score (nSPS) is 10.2. The van der Waals surface area contributed by atoms with Crippen LogP contribution in [0.2, 0.25) is 0 Å². The quantitative estimate of drug-likeness (QED) is 0.878. The summed E-state index contributed by atoms with van der Waals surface area (Å²) in [5, 5.41) is 0. The minimum atomic E-state index is 0.438. The molecule has 0 radical (unpaired) electrons. The van der Waals surface area contributed by atoms with Gasteiger partial charge in [0.05, 0.1) is 5.69 Å². The second kappa shape index (κ2) is 4.87. The molecule has 0 aliphatic rings. The summed E-state index contributed by atoms with van der Waals surface area (Å²) in [6.45, 7) is 4.55. The molecule has 0 bridgehead atoms. The minimum absolute atomic E-state index is 0.438. The van der Waals surface area contributed by atoms with Crippen LogP contribution in [0.25, 0.3) is 0 Å². The van der Waals surface area contributed by atoms with Gasteiger partial charge in [0.2, 0.25) is 0 Å². The van der Waals surface area contributed by atoms with Gasteiger partial charge < -0.3 is 10.5 Å². The number of rotatable bonds is 3. The maximum Gasteiger partial charge on any atom is 0.130 e. The highest BCUT2D eigenvalue weighted by atomic mass is 16.5. The van der Waals surface area contributed by atoms with Gasteiger partial charge in [-0.1, -0.05) is 6.07 Å². The van der Waals surface area contributed by atoms with E-state index in [4.69, 9.17) is 10.5 Å². The Bertz CT molecular complexity index is 503. The predicted octanol–water partition coefficient (Wildman–Crippen LogP) is 2.86. The molecular weight excluding hydrogens is 212 g/mol. The Kier molecular flexibility index (Phi) is 3.28. The van der Waals surface area contributed by atoms with Crippen molar-refractivity contribution in [3.05, 3.63) is 53.3 Å². The number of nitrogen functional groups attached to an aromatic ring is 1. The smallest absolute Gasteiger partial charge is 0.130 e. The van der Waals surface area contributed by atoms with Gasteiger partial charge in [-0.05, 0) is 49.2 Å². The summed E-state index contributed by atoms with van der Waals surface area (Å²) in [6.07, 6.45) is 1.69. The summed E-state index contributed by atoms with van der Waals surface area (Å²) in [6, 6.07) is 9.73. The molecule has 0 unspecified atom stereocenters. The van der Waals surface area contributed by atoms with Crippen LogP contribution in [0.5, 0.6) is 5.75 Å². The van der Waals surface area contributed by atoms with E-state index in [-0.39, 0.29) is 0 Å². The Balaban J connectivity index is 2.07. The van der Waals surface area contributed by atoms with Crippen LogP contribution in [0.15, 0.2) is 36.5 Å². The highest BCUT2D eigenvalue weighted by Gasteiger charge is 1.99. The van der Waals surface area contributed by atoms with Crippen LogP contribution in [0.4, 0.5) is 5.69 Å². The average molecular weight is 228 g/mol. The van der Waals surface area contributed by atoms with Gasteiger partial charge in [0.25, 0.3) is 0 Å². The monoisotopic (exact) mass is 228 g/mol. The highest BCUT2D eigenvalue weighted by molar-refractivity contribution is 5.37. The van der Waals surface area contributed by atoms with Crippen molar-refractivity contribution in [2.75, 3.05) is 5.73 Å². The molecule has 0 aliphatic heterocycles. The summed E-state index contributed by atoms with van der Waals surface area (Å²) in [7, 11) is 0. The first kappa shape index (κ1) is 11.5. The van der Waals surface area contributed by atoms with Crippen LogP contribution in [0, 0.1) is 13.8 Å². The summed E-state index contributed by atoms with van der Waals surface area (Å²) in [5.74, 6) is 0.867. The van der Waals surface area contributed by atoms with Crippen LogP contribution in [0.1, 0.15) is 16.8 Å². The first-order valence-electron chi connectivity index (χ1n) is 5.55. The SMILES string of the molecule is Cc1cc(C)cc(OCc2cc(N)ccn2)c1. The van der Waals surface area contributed by atoms with Gasteiger partial charge in [0.15, 0.2) is 0 Å². The second-order valence-electron chi connectivity index (χ2n) is 4.19. The Morgan fingerprint density at radius 1 is 1.12 bits per heavy atom. The van der Waals surface area contributed by atoms with E-state index in [2.05, 4.69) is 24.9 Å². The number of aromatic nitrogens is 1. The molecule has 0 atom stereocenters. The number of aryl methyl sites for hydroxylation is 2. The molecule has 17 heavy (non-hydrogen) atoms. The third kappa shape index (κ3) is 3.21. The van der Waals surface area contributed by atoms with E-state index >= 15 is 0 Å². The molecule has 0 saturated carbocycles. The molecule has 88 valence electrons. The predicted molar refractivity (Wildman–Crippen MR) is 68.9 cm³/mol. The average Bonchev–Trinajstić information content (AvgIpc) is 2.25. The molecule has 0 fully saturated rings. The van der Waals surface area contributed by atoms with Crippen molar-refractivity contribution < 1.29 is 4.74 Å². The van der Waals surface area contributed by atoms with Crippen LogP contribution in [-0.2, 0) is 6.61 Å². The third-order valence-corrected chi connectivity index (χ3v) is 2.42. The molecule has 1 aromatic carbocycles. The van der Waals surface area contributed by atoms with Gasteiger partial charge in [0.1, 0.15) is 12.4 Å². The summed E-state index contributed by atoms with van der Waals surface area (Å²) >= 11 is 0. The number of benzene rings is 1. The Morgan fingerprint density at radius 3 is 2.47 bits per heavy atom.